The molecule has 8 nitrogen and oxygen atoms in total. The lowest BCUT2D eigenvalue weighted by molar-refractivity contribution is 0.215. The van der Waals surface area contributed by atoms with Crippen LogP contribution in [0.25, 0.3) is 33.2 Å². The molecular formula is C32H25N5O3. The number of nitrogens with zero attached hydrogens (tertiary/aromatic N) is 2. The maximum absolute atomic E-state index is 12.5. The van der Waals surface area contributed by atoms with Crippen molar-refractivity contribution >= 4 is 45.2 Å². The third kappa shape index (κ3) is 4.72. The van der Waals surface area contributed by atoms with Crippen molar-refractivity contribution in [3.05, 3.63) is 108 Å². The number of fused-ring (bicyclic) bond motifs is 4. The van der Waals surface area contributed by atoms with Gasteiger partial charge in [-0.1, -0.05) is 36.4 Å². The van der Waals surface area contributed by atoms with Crippen LogP contribution in [0.4, 0.5) is 22.0 Å². The van der Waals surface area contributed by atoms with Gasteiger partial charge in [0.15, 0.2) is 0 Å². The number of anilines is 3. The van der Waals surface area contributed by atoms with Gasteiger partial charge in [0.2, 0.25) is 0 Å². The average Bonchev–Trinajstić information content (AvgIpc) is 3.37. The van der Waals surface area contributed by atoms with Gasteiger partial charge in [-0.05, 0) is 72.6 Å². The van der Waals surface area contributed by atoms with Crippen LogP contribution in [0.5, 0.6) is 5.75 Å². The van der Waals surface area contributed by atoms with Crippen LogP contribution < -0.4 is 20.7 Å². The van der Waals surface area contributed by atoms with Gasteiger partial charge in [-0.3, -0.25) is 5.32 Å². The van der Waals surface area contributed by atoms with Gasteiger partial charge < -0.3 is 19.8 Å². The summed E-state index contributed by atoms with van der Waals surface area (Å²) in [6.45, 7) is 1.77. The summed E-state index contributed by atoms with van der Waals surface area (Å²) in [7, 11) is 0. The molecule has 196 valence electrons. The summed E-state index contributed by atoms with van der Waals surface area (Å²) in [5, 5.41) is 11.6. The van der Waals surface area contributed by atoms with Crippen molar-refractivity contribution in [1.29, 1.82) is 0 Å². The third-order valence-corrected chi connectivity index (χ3v) is 7.03. The van der Waals surface area contributed by atoms with E-state index in [1.54, 1.807) is 12.1 Å². The standard InChI is InChI=1S/C32H25N5O3/c38-32(39-24-13-8-21-18-33-15-14-20(21)16-24)37-23-11-9-22(10-12-23)36-30-17-28(34-19-35-30)27-6-3-5-26-25-4-1-2-7-29(25)40-31(26)27/h1-13,16-17,19,33H,14-15,18H2,(H,37,38)(H,34,35,36). The van der Waals surface area contributed by atoms with E-state index in [0.29, 0.717) is 17.3 Å². The molecule has 0 fully saturated rings. The monoisotopic (exact) mass is 527 g/mol. The first-order valence-corrected chi connectivity index (χ1v) is 13.1. The highest BCUT2D eigenvalue weighted by Gasteiger charge is 2.14. The number of ether oxygens (including phenoxy) is 1. The lowest BCUT2D eigenvalue weighted by Crippen LogP contribution is -2.23. The summed E-state index contributed by atoms with van der Waals surface area (Å²) in [4.78, 5) is 21.3. The third-order valence-electron chi connectivity index (χ3n) is 7.03. The van der Waals surface area contributed by atoms with E-state index in [-0.39, 0.29) is 0 Å². The van der Waals surface area contributed by atoms with Crippen LogP contribution in [-0.2, 0) is 13.0 Å². The van der Waals surface area contributed by atoms with Gasteiger partial charge in [0.25, 0.3) is 0 Å². The first kappa shape index (κ1) is 23.9. The van der Waals surface area contributed by atoms with Crippen molar-refractivity contribution in [1.82, 2.24) is 15.3 Å². The highest BCUT2D eigenvalue weighted by atomic mass is 16.6. The van der Waals surface area contributed by atoms with Gasteiger partial charge >= 0.3 is 6.09 Å². The molecule has 4 aromatic carbocycles. The first-order valence-electron chi connectivity index (χ1n) is 13.1. The van der Waals surface area contributed by atoms with Crippen LogP contribution in [0.15, 0.2) is 102 Å². The topological polar surface area (TPSA) is 101 Å². The minimum atomic E-state index is -0.533. The maximum atomic E-state index is 12.5. The molecule has 0 saturated heterocycles. The van der Waals surface area contributed by atoms with E-state index in [4.69, 9.17) is 9.15 Å². The molecule has 40 heavy (non-hydrogen) atoms. The second kappa shape index (κ2) is 10.2. The number of aromatic nitrogens is 2. The van der Waals surface area contributed by atoms with Crippen LogP contribution in [0.1, 0.15) is 11.1 Å². The molecule has 6 aromatic rings. The zero-order chi connectivity index (χ0) is 26.9. The van der Waals surface area contributed by atoms with Crippen LogP contribution in [0, 0.1) is 0 Å². The number of carbonyl (C=O) groups excluding carboxylic acids is 1. The molecule has 3 heterocycles. The SMILES string of the molecule is O=C(Nc1ccc(Nc2cc(-c3cccc4c3oc3ccccc34)ncn2)cc1)Oc1ccc2c(c1)CCNC2. The van der Waals surface area contributed by atoms with Gasteiger partial charge in [0, 0.05) is 40.3 Å². The summed E-state index contributed by atoms with van der Waals surface area (Å²) in [6.07, 6.45) is 1.92. The summed E-state index contributed by atoms with van der Waals surface area (Å²) < 4.78 is 11.7. The molecule has 0 spiro atoms. The zero-order valence-electron chi connectivity index (χ0n) is 21.5. The molecule has 0 unspecified atom stereocenters. The normalized spacial score (nSPS) is 12.7. The zero-order valence-corrected chi connectivity index (χ0v) is 21.5. The molecular weight excluding hydrogens is 502 g/mol. The highest BCUT2D eigenvalue weighted by Crippen LogP contribution is 2.35. The number of furan rings is 1. The average molecular weight is 528 g/mol. The summed E-state index contributed by atoms with van der Waals surface area (Å²) in [5.74, 6) is 1.18. The molecule has 0 aliphatic carbocycles. The number of hydrogen-bond acceptors (Lipinski definition) is 7. The van der Waals surface area contributed by atoms with Crippen LogP contribution in [-0.4, -0.2) is 22.6 Å². The smallest absolute Gasteiger partial charge is 0.417 e. The number of amides is 1. The Bertz CT molecular complexity index is 1860. The Morgan fingerprint density at radius 3 is 2.62 bits per heavy atom. The van der Waals surface area contributed by atoms with E-state index >= 15 is 0 Å². The van der Waals surface area contributed by atoms with Crippen molar-refractivity contribution in [3.63, 3.8) is 0 Å². The molecule has 1 aliphatic heterocycles. The van der Waals surface area contributed by atoms with Crippen molar-refractivity contribution < 1.29 is 13.9 Å². The van der Waals surface area contributed by atoms with E-state index < -0.39 is 6.09 Å². The fourth-order valence-corrected chi connectivity index (χ4v) is 5.07. The molecule has 1 amide bonds. The second-order valence-electron chi connectivity index (χ2n) is 9.64. The van der Waals surface area contributed by atoms with Gasteiger partial charge in [-0.15, -0.1) is 0 Å². The lowest BCUT2D eigenvalue weighted by atomic mass is 10.0. The Morgan fingerprint density at radius 1 is 0.850 bits per heavy atom. The van der Waals surface area contributed by atoms with E-state index in [2.05, 4.69) is 38.1 Å². The largest absolute Gasteiger partial charge is 0.455 e. The van der Waals surface area contributed by atoms with E-state index in [1.165, 1.54) is 17.5 Å². The molecule has 8 heteroatoms. The van der Waals surface area contributed by atoms with Crippen LogP contribution in [0.3, 0.4) is 0 Å². The Hall–Kier alpha value is -5.21. The number of nitrogens with one attached hydrogen (secondary N) is 3. The van der Waals surface area contributed by atoms with Crippen molar-refractivity contribution in [2.75, 3.05) is 17.2 Å². The van der Waals surface area contributed by atoms with Crippen LogP contribution in [0.2, 0.25) is 0 Å². The molecule has 1 aliphatic rings. The van der Waals surface area contributed by atoms with Crippen molar-refractivity contribution in [2.45, 2.75) is 13.0 Å². The fourth-order valence-electron chi connectivity index (χ4n) is 5.07. The number of carbonyl (C=O) groups is 1. The fraction of sp³-hybridized carbons (Fsp3) is 0.0938. The Labute approximate surface area is 230 Å². The molecule has 3 N–H and O–H groups in total. The summed E-state index contributed by atoms with van der Waals surface area (Å²) >= 11 is 0. The summed E-state index contributed by atoms with van der Waals surface area (Å²) in [6, 6.07) is 29.1. The maximum Gasteiger partial charge on any atom is 0.417 e. The lowest BCUT2D eigenvalue weighted by Gasteiger charge is -2.17. The minimum absolute atomic E-state index is 0.533. The molecule has 0 saturated carbocycles. The predicted molar refractivity (Wildman–Crippen MR) is 156 cm³/mol. The number of rotatable bonds is 5. The van der Waals surface area contributed by atoms with Gasteiger partial charge in [0.05, 0.1) is 5.69 Å². The predicted octanol–water partition coefficient (Wildman–Crippen LogP) is 7.04. The summed E-state index contributed by atoms with van der Waals surface area (Å²) in [5.41, 5.74) is 7.17. The van der Waals surface area contributed by atoms with Crippen molar-refractivity contribution in [3.8, 4) is 17.0 Å². The molecule has 0 bridgehead atoms. The number of para-hydroxylation sites is 2. The van der Waals surface area contributed by atoms with Crippen LogP contribution >= 0.6 is 0 Å². The van der Waals surface area contributed by atoms with Crippen molar-refractivity contribution in [2.24, 2.45) is 0 Å². The van der Waals surface area contributed by atoms with Gasteiger partial charge in [0.1, 0.15) is 29.1 Å². The number of hydrogen-bond donors (Lipinski definition) is 3. The molecule has 0 radical (unpaired) electrons. The van der Waals surface area contributed by atoms with Gasteiger partial charge in [-0.25, -0.2) is 14.8 Å². The van der Waals surface area contributed by atoms with E-state index in [9.17, 15) is 4.79 Å². The van der Waals surface area contributed by atoms with Gasteiger partial charge in [-0.2, -0.15) is 0 Å². The van der Waals surface area contributed by atoms with E-state index in [0.717, 1.165) is 58.4 Å². The second-order valence-corrected chi connectivity index (χ2v) is 9.64. The quantitative estimate of drug-likeness (QED) is 0.221. The Balaban J connectivity index is 1.04. The molecule has 0 atom stereocenters. The highest BCUT2D eigenvalue weighted by molar-refractivity contribution is 6.09. The molecule has 7 rings (SSSR count). The number of benzene rings is 4. The molecule has 2 aromatic heterocycles. The first-order chi connectivity index (χ1) is 19.7. The Morgan fingerprint density at radius 2 is 1.70 bits per heavy atom. The minimum Gasteiger partial charge on any atom is -0.455 e. The van der Waals surface area contributed by atoms with E-state index in [1.807, 2.05) is 66.7 Å². The Kier molecular flexibility index (Phi) is 6.07.